The summed E-state index contributed by atoms with van der Waals surface area (Å²) in [6.45, 7) is 0. The molecule has 0 N–H and O–H groups in total. The molecule has 1 aromatic heterocycles. The molecule has 0 atom stereocenters. The number of anilines is 3. The Morgan fingerprint density at radius 2 is 0.776 bits per heavy atom. The summed E-state index contributed by atoms with van der Waals surface area (Å²) in [7, 11) is 0. The lowest BCUT2D eigenvalue weighted by Crippen LogP contribution is -2.26. The van der Waals surface area contributed by atoms with Crippen LogP contribution in [0.4, 0.5) is 17.1 Å². The fourth-order valence-electron chi connectivity index (χ4n) is 11.5. The number of thiophene rings is 1. The number of benzene rings is 11. The van der Waals surface area contributed by atoms with Gasteiger partial charge in [0.1, 0.15) is 0 Å². The van der Waals surface area contributed by atoms with Crippen LogP contribution in [0.3, 0.4) is 0 Å². The van der Waals surface area contributed by atoms with Crippen molar-refractivity contribution in [3.05, 3.63) is 271 Å². The van der Waals surface area contributed by atoms with Crippen LogP contribution in [-0.2, 0) is 5.41 Å². The molecule has 0 radical (unpaired) electrons. The number of hydrogen-bond acceptors (Lipinski definition) is 2. The van der Waals surface area contributed by atoms with Crippen LogP contribution in [0.15, 0.2) is 249 Å². The van der Waals surface area contributed by atoms with Crippen LogP contribution >= 0.6 is 11.3 Å². The van der Waals surface area contributed by atoms with Crippen molar-refractivity contribution in [1.82, 2.24) is 0 Å². The van der Waals surface area contributed by atoms with Gasteiger partial charge in [0.05, 0.1) is 16.8 Å². The zero-order valence-electron chi connectivity index (χ0n) is 36.5. The Morgan fingerprint density at radius 3 is 1.45 bits per heavy atom. The topological polar surface area (TPSA) is 3.24 Å². The maximum absolute atomic E-state index is 2.54. The molecule has 1 nitrogen and oxygen atoms in total. The van der Waals surface area contributed by atoms with E-state index in [1.54, 1.807) is 0 Å². The third-order valence-corrected chi connectivity index (χ3v) is 15.6. The Hall–Kier alpha value is -8.30. The number of fused-ring (bicyclic) bond motifs is 14. The second-order valence-electron chi connectivity index (χ2n) is 17.9. The summed E-state index contributed by atoms with van der Waals surface area (Å²) in [5.41, 5.74) is 20.9. The molecular weight excluding hydrogens is 827 g/mol. The van der Waals surface area contributed by atoms with E-state index in [0.717, 1.165) is 5.69 Å². The lowest BCUT2D eigenvalue weighted by atomic mass is 9.70. The van der Waals surface area contributed by atoms with Crippen LogP contribution in [-0.4, -0.2) is 0 Å². The van der Waals surface area contributed by atoms with E-state index in [9.17, 15) is 0 Å². The quantitative estimate of drug-likeness (QED) is 0.161. The first-order chi connectivity index (χ1) is 33.2. The van der Waals surface area contributed by atoms with Crippen molar-refractivity contribution in [2.75, 3.05) is 4.90 Å². The maximum Gasteiger partial charge on any atom is 0.0726 e. The molecule has 0 aliphatic heterocycles. The van der Waals surface area contributed by atoms with E-state index in [-0.39, 0.29) is 0 Å². The molecule has 1 spiro atoms. The van der Waals surface area contributed by atoms with Gasteiger partial charge in [0.25, 0.3) is 0 Å². The van der Waals surface area contributed by atoms with Gasteiger partial charge in [0.2, 0.25) is 0 Å². The highest BCUT2D eigenvalue weighted by atomic mass is 32.1. The Morgan fingerprint density at radius 1 is 0.313 bits per heavy atom. The zero-order chi connectivity index (χ0) is 44.1. The standard InChI is InChI=1S/C65H41NS/c1-2-14-48-41-49(36-35-42(48)13-1)47-33-31-44(32-34-47)43-27-29-45(30-28-43)46-37-39-50(40-38-46)66(60-24-12-26-62-64(60)54-18-6-10-25-61(54)67-62)59-23-11-22-58-63(59)53-17-5-9-21-57(53)65(58)55-19-7-3-15-51(55)52-16-4-8-20-56(52)65/h1-41H. The van der Waals surface area contributed by atoms with Gasteiger partial charge < -0.3 is 4.90 Å². The van der Waals surface area contributed by atoms with Gasteiger partial charge in [0.15, 0.2) is 0 Å². The first kappa shape index (κ1) is 38.0. The summed E-state index contributed by atoms with van der Waals surface area (Å²) in [6.07, 6.45) is 0. The molecule has 67 heavy (non-hydrogen) atoms. The Bertz CT molecular complexity index is 3870. The molecule has 12 aromatic rings. The largest absolute Gasteiger partial charge is 0.309 e. The molecule has 0 saturated heterocycles. The number of nitrogens with zero attached hydrogens (tertiary/aromatic N) is 1. The molecule has 0 fully saturated rings. The van der Waals surface area contributed by atoms with Crippen molar-refractivity contribution in [2.24, 2.45) is 0 Å². The first-order valence-corrected chi connectivity index (χ1v) is 24.0. The van der Waals surface area contributed by atoms with Crippen molar-refractivity contribution in [3.63, 3.8) is 0 Å². The van der Waals surface area contributed by atoms with E-state index in [1.165, 1.54) is 120 Å². The minimum Gasteiger partial charge on any atom is -0.309 e. The highest BCUT2D eigenvalue weighted by Gasteiger charge is 2.52. The van der Waals surface area contributed by atoms with E-state index in [1.807, 2.05) is 11.3 Å². The average Bonchev–Trinajstić information content (AvgIpc) is 4.04. The molecule has 2 aliphatic rings. The summed E-state index contributed by atoms with van der Waals surface area (Å²) < 4.78 is 2.58. The summed E-state index contributed by atoms with van der Waals surface area (Å²) in [4.78, 5) is 2.54. The van der Waals surface area contributed by atoms with Crippen molar-refractivity contribution < 1.29 is 0 Å². The summed E-state index contributed by atoms with van der Waals surface area (Å²) in [5.74, 6) is 0. The second kappa shape index (κ2) is 14.9. The third kappa shape index (κ3) is 5.67. The Kier molecular flexibility index (Phi) is 8.44. The second-order valence-corrected chi connectivity index (χ2v) is 19.0. The lowest BCUT2D eigenvalue weighted by Gasteiger charge is -2.32. The minimum absolute atomic E-state index is 0.433. The highest BCUT2D eigenvalue weighted by molar-refractivity contribution is 7.26. The molecule has 0 unspecified atom stereocenters. The molecule has 0 bridgehead atoms. The zero-order valence-corrected chi connectivity index (χ0v) is 37.3. The number of hydrogen-bond donors (Lipinski definition) is 0. The van der Waals surface area contributed by atoms with Crippen molar-refractivity contribution in [1.29, 1.82) is 0 Å². The molecule has 11 aromatic carbocycles. The predicted molar refractivity (Wildman–Crippen MR) is 284 cm³/mol. The Labute approximate surface area is 394 Å². The molecular formula is C65H41NS. The van der Waals surface area contributed by atoms with Gasteiger partial charge in [-0.25, -0.2) is 0 Å². The van der Waals surface area contributed by atoms with E-state index >= 15 is 0 Å². The summed E-state index contributed by atoms with van der Waals surface area (Å²) in [6, 6.07) is 92.5. The first-order valence-electron chi connectivity index (χ1n) is 23.2. The van der Waals surface area contributed by atoms with Crippen LogP contribution in [0.5, 0.6) is 0 Å². The van der Waals surface area contributed by atoms with E-state index < -0.39 is 5.41 Å². The van der Waals surface area contributed by atoms with Gasteiger partial charge in [-0.3, -0.25) is 0 Å². The predicted octanol–water partition coefficient (Wildman–Crippen LogP) is 18.0. The molecule has 1 heterocycles. The normalized spacial score (nSPS) is 12.9. The van der Waals surface area contributed by atoms with E-state index in [2.05, 4.69) is 254 Å². The fourth-order valence-corrected chi connectivity index (χ4v) is 12.7. The van der Waals surface area contributed by atoms with Gasteiger partial charge in [-0.15, -0.1) is 11.3 Å². The van der Waals surface area contributed by atoms with E-state index in [0.29, 0.717) is 0 Å². The highest BCUT2D eigenvalue weighted by Crippen LogP contribution is 2.65. The third-order valence-electron chi connectivity index (χ3n) is 14.5. The van der Waals surface area contributed by atoms with Crippen LogP contribution in [0.1, 0.15) is 22.3 Å². The van der Waals surface area contributed by atoms with Crippen LogP contribution < -0.4 is 4.90 Å². The van der Waals surface area contributed by atoms with Crippen molar-refractivity contribution in [3.8, 4) is 55.6 Å². The van der Waals surface area contributed by atoms with Crippen LogP contribution in [0.25, 0.3) is 86.6 Å². The molecule has 14 rings (SSSR count). The summed E-state index contributed by atoms with van der Waals surface area (Å²) >= 11 is 1.87. The fraction of sp³-hybridized carbons (Fsp3) is 0.0154. The molecule has 2 aliphatic carbocycles. The van der Waals surface area contributed by atoms with Crippen LogP contribution in [0.2, 0.25) is 0 Å². The SMILES string of the molecule is c1ccc2c(c1)-c1ccccc1C21c2ccccc2-c2c(N(c3ccc(-c4ccc(-c5ccc(-c6ccc7ccccc7c6)cc5)cc4)cc3)c3cccc4sc5ccccc5c34)cccc21. The molecule has 0 amide bonds. The average molecular weight is 868 g/mol. The number of rotatable bonds is 6. The van der Waals surface area contributed by atoms with Gasteiger partial charge >= 0.3 is 0 Å². The van der Waals surface area contributed by atoms with E-state index in [4.69, 9.17) is 0 Å². The van der Waals surface area contributed by atoms with Gasteiger partial charge in [-0.2, -0.15) is 0 Å². The maximum atomic E-state index is 2.54. The van der Waals surface area contributed by atoms with Crippen LogP contribution in [0, 0.1) is 0 Å². The molecule has 2 heteroatoms. The van der Waals surface area contributed by atoms with Gasteiger partial charge in [-0.1, -0.05) is 206 Å². The van der Waals surface area contributed by atoms with Gasteiger partial charge in [-0.05, 0) is 126 Å². The van der Waals surface area contributed by atoms with Crippen molar-refractivity contribution >= 4 is 59.3 Å². The molecule has 0 saturated carbocycles. The lowest BCUT2D eigenvalue weighted by molar-refractivity contribution is 0.794. The summed E-state index contributed by atoms with van der Waals surface area (Å²) in [5, 5.41) is 5.09. The smallest absolute Gasteiger partial charge is 0.0726 e. The van der Waals surface area contributed by atoms with Gasteiger partial charge in [0, 0.05) is 31.4 Å². The molecule has 312 valence electrons. The van der Waals surface area contributed by atoms with Crippen molar-refractivity contribution in [2.45, 2.75) is 5.41 Å². The minimum atomic E-state index is -0.433. The monoisotopic (exact) mass is 867 g/mol. The Balaban J connectivity index is 0.889.